The van der Waals surface area contributed by atoms with Crippen molar-refractivity contribution in [3.05, 3.63) is 47.1 Å². The molecule has 0 saturated heterocycles. The van der Waals surface area contributed by atoms with Crippen LogP contribution in [0.3, 0.4) is 0 Å². The third-order valence-corrected chi connectivity index (χ3v) is 2.15. The molecule has 0 unspecified atom stereocenters. The van der Waals surface area contributed by atoms with Gasteiger partial charge < -0.3 is 0 Å². The zero-order valence-electron chi connectivity index (χ0n) is 8.42. The quantitative estimate of drug-likeness (QED) is 0.340. The minimum absolute atomic E-state index is 0. The third-order valence-electron chi connectivity index (χ3n) is 2.15. The van der Waals surface area contributed by atoms with Crippen LogP contribution in [0.5, 0.6) is 0 Å². The van der Waals surface area contributed by atoms with Gasteiger partial charge in [-0.1, -0.05) is 0 Å². The molecule has 11 heteroatoms. The number of hydrogen-bond donors (Lipinski definition) is 0. The molecule has 0 fully saturated rings. The molecule has 2 nitrogen and oxygen atoms in total. The Morgan fingerprint density at radius 2 is 1.05 bits per heavy atom. The number of halogens is 8. The summed E-state index contributed by atoms with van der Waals surface area (Å²) in [7, 11) is 0. The summed E-state index contributed by atoms with van der Waals surface area (Å²) in [5, 5.41) is 0. The number of benzene rings is 1. The van der Waals surface area contributed by atoms with Crippen molar-refractivity contribution < 1.29 is 35.1 Å². The predicted octanol–water partition coefficient (Wildman–Crippen LogP) is 2.34. The second kappa shape index (κ2) is 6.09. The minimum atomic E-state index is -2.51. The van der Waals surface area contributed by atoms with E-state index in [2.05, 4.69) is 4.98 Å². The fraction of sp³-hybridized carbons (Fsp3) is 0. The van der Waals surface area contributed by atoms with E-state index in [0.29, 0.717) is 0 Å². The molecule has 0 spiro atoms. The van der Waals surface area contributed by atoms with Crippen LogP contribution in [0.25, 0.3) is 5.69 Å². The van der Waals surface area contributed by atoms with Gasteiger partial charge in [0.2, 0.25) is 5.82 Å². The van der Waals surface area contributed by atoms with Crippen LogP contribution in [-0.4, -0.2) is 60.9 Å². The summed E-state index contributed by atoms with van der Waals surface area (Å²) in [5.74, 6) is -16.7. The van der Waals surface area contributed by atoms with E-state index in [1.54, 1.807) is 0 Å². The van der Waals surface area contributed by atoms with Gasteiger partial charge in [0.1, 0.15) is 5.69 Å². The molecule has 2 aromatic rings. The van der Waals surface area contributed by atoms with Gasteiger partial charge >= 0.3 is 51.4 Å². The van der Waals surface area contributed by atoms with Gasteiger partial charge in [0.15, 0.2) is 23.3 Å². The number of imidazole rings is 1. The number of rotatable bonds is 1. The monoisotopic (exact) mass is 328 g/mol. The zero-order chi connectivity index (χ0) is 14.5. The van der Waals surface area contributed by atoms with E-state index in [1.807, 2.05) is 0 Å². The topological polar surface area (TPSA) is 17.8 Å². The van der Waals surface area contributed by atoms with Crippen LogP contribution in [0, 0.1) is 47.1 Å². The summed E-state index contributed by atoms with van der Waals surface area (Å²) in [6, 6.07) is 0. The fourth-order valence-electron chi connectivity index (χ4n) is 1.33. The molecular formula is C9HF8KN2. The maximum atomic E-state index is 13.2. The first-order chi connectivity index (χ1) is 8.77. The molecule has 0 saturated carbocycles. The van der Waals surface area contributed by atoms with Gasteiger partial charge in [0, 0.05) is 0 Å². The van der Waals surface area contributed by atoms with Crippen molar-refractivity contribution in [1.29, 1.82) is 0 Å². The zero-order valence-corrected chi connectivity index (χ0v) is 8.42. The summed E-state index contributed by atoms with van der Waals surface area (Å²) >= 11 is 0. The molecule has 20 heavy (non-hydrogen) atoms. The molecule has 104 valence electrons. The molecule has 1 aromatic carbocycles. The summed E-state index contributed by atoms with van der Waals surface area (Å²) < 4.78 is 103. The molecule has 0 N–H and O–H groups in total. The van der Waals surface area contributed by atoms with Gasteiger partial charge in [-0.05, 0) is 0 Å². The average Bonchev–Trinajstić information content (AvgIpc) is 2.61. The molecule has 0 amide bonds. The van der Waals surface area contributed by atoms with Crippen molar-refractivity contribution in [3.8, 4) is 5.69 Å². The summed E-state index contributed by atoms with van der Waals surface area (Å²) in [6.07, 6.45) is -2.11. The van der Waals surface area contributed by atoms with E-state index >= 15 is 0 Å². The Hall–Kier alpha value is -0.494. The van der Waals surface area contributed by atoms with E-state index < -0.39 is 57.3 Å². The Balaban J connectivity index is 0.00000200. The third kappa shape index (κ3) is 2.52. The van der Waals surface area contributed by atoms with Crippen molar-refractivity contribution in [2.75, 3.05) is 0 Å². The van der Waals surface area contributed by atoms with E-state index in [0.717, 1.165) is 0 Å². The van der Waals surface area contributed by atoms with Gasteiger partial charge in [-0.15, -0.1) is 0 Å². The van der Waals surface area contributed by atoms with Crippen LogP contribution in [0.2, 0.25) is 0 Å². The van der Waals surface area contributed by atoms with E-state index in [9.17, 15) is 35.1 Å². The van der Waals surface area contributed by atoms with Crippen molar-refractivity contribution in [3.63, 3.8) is 0 Å². The van der Waals surface area contributed by atoms with Crippen LogP contribution >= 0.6 is 0 Å². The molecule has 1 aromatic heterocycles. The Bertz CT molecular complexity index is 654. The van der Waals surface area contributed by atoms with E-state index in [4.69, 9.17) is 0 Å². The van der Waals surface area contributed by atoms with Crippen molar-refractivity contribution >= 4 is 51.4 Å². The number of nitrogens with zero attached hydrogens (tertiary/aromatic N) is 2. The van der Waals surface area contributed by atoms with Crippen LogP contribution in [0.4, 0.5) is 35.1 Å². The standard InChI is InChI=1S/C9F8N2.K.H/c10-1-2(11)4(13)6(5(14)3(1)12)19-8(16)7(15)18-9(19)17;;. The van der Waals surface area contributed by atoms with E-state index in [-0.39, 0.29) is 51.4 Å². The van der Waals surface area contributed by atoms with Gasteiger partial charge in [0.05, 0.1) is 0 Å². The van der Waals surface area contributed by atoms with Crippen molar-refractivity contribution in [1.82, 2.24) is 9.55 Å². The molecule has 0 atom stereocenters. The van der Waals surface area contributed by atoms with Crippen LogP contribution in [0.15, 0.2) is 0 Å². The predicted molar refractivity (Wildman–Crippen MR) is 50.4 cm³/mol. The second-order valence-electron chi connectivity index (χ2n) is 3.22. The molecule has 0 bridgehead atoms. The first-order valence-electron chi connectivity index (χ1n) is 4.38. The molecule has 0 aliphatic heterocycles. The van der Waals surface area contributed by atoms with Gasteiger partial charge in [-0.25, -0.2) is 26.5 Å². The van der Waals surface area contributed by atoms with Crippen molar-refractivity contribution in [2.24, 2.45) is 0 Å². The molecule has 0 radical (unpaired) electrons. The van der Waals surface area contributed by atoms with Gasteiger partial charge in [-0.3, -0.25) is 0 Å². The average molecular weight is 328 g/mol. The molecular weight excluding hydrogens is 327 g/mol. The first kappa shape index (κ1) is 17.6. The second-order valence-corrected chi connectivity index (χ2v) is 3.22. The maximum absolute atomic E-state index is 13.2. The Kier molecular flexibility index (Phi) is 5.35. The SMILES string of the molecule is Fc1nc(F)n(-c2c(F)c(F)c(F)c(F)c2F)c1F.[KH]. The first-order valence-corrected chi connectivity index (χ1v) is 4.38. The van der Waals surface area contributed by atoms with Crippen molar-refractivity contribution in [2.45, 2.75) is 0 Å². The molecule has 1 heterocycles. The van der Waals surface area contributed by atoms with Gasteiger partial charge in [0.25, 0.3) is 18.0 Å². The van der Waals surface area contributed by atoms with Crippen LogP contribution in [-0.2, 0) is 0 Å². The Morgan fingerprint density at radius 3 is 1.40 bits per heavy atom. The van der Waals surface area contributed by atoms with Crippen LogP contribution < -0.4 is 0 Å². The summed E-state index contributed by atoms with van der Waals surface area (Å²) in [6.45, 7) is 0. The normalized spacial score (nSPS) is 10.6. The number of hydrogen-bond acceptors (Lipinski definition) is 1. The Morgan fingerprint density at radius 1 is 0.650 bits per heavy atom. The van der Waals surface area contributed by atoms with E-state index in [1.165, 1.54) is 0 Å². The molecule has 0 aliphatic rings. The number of aromatic nitrogens is 2. The fourth-order valence-corrected chi connectivity index (χ4v) is 1.33. The summed E-state index contributed by atoms with van der Waals surface area (Å²) in [4.78, 5) is 2.23. The van der Waals surface area contributed by atoms with Crippen LogP contribution in [0.1, 0.15) is 0 Å². The van der Waals surface area contributed by atoms with Gasteiger partial charge in [-0.2, -0.15) is 18.2 Å². The molecule has 0 aliphatic carbocycles. The molecule has 2 rings (SSSR count). The Labute approximate surface area is 147 Å². The summed E-state index contributed by atoms with van der Waals surface area (Å²) in [5.41, 5.74) is -2.00.